The normalized spacial score (nSPS) is 19.5. The highest BCUT2D eigenvalue weighted by molar-refractivity contribution is 5.89. The van der Waals surface area contributed by atoms with Crippen molar-refractivity contribution in [3.63, 3.8) is 0 Å². The van der Waals surface area contributed by atoms with Gasteiger partial charge in [0.25, 0.3) is 0 Å². The van der Waals surface area contributed by atoms with Gasteiger partial charge in [-0.05, 0) is 55.9 Å². The molecule has 1 aliphatic carbocycles. The summed E-state index contributed by atoms with van der Waals surface area (Å²) >= 11 is 0. The van der Waals surface area contributed by atoms with Crippen LogP contribution in [0.2, 0.25) is 0 Å². The van der Waals surface area contributed by atoms with E-state index in [1.807, 2.05) is 50.2 Å². The van der Waals surface area contributed by atoms with Crippen LogP contribution in [0.4, 0.5) is 8.78 Å². The summed E-state index contributed by atoms with van der Waals surface area (Å²) in [5.74, 6) is -0.712. The van der Waals surface area contributed by atoms with Gasteiger partial charge in [-0.2, -0.15) is 4.39 Å². The summed E-state index contributed by atoms with van der Waals surface area (Å²) in [5, 5.41) is 2.93. The number of carbonyl (C=O) groups is 2. The molecule has 1 aliphatic heterocycles. The zero-order chi connectivity index (χ0) is 27.5. The smallest absolute Gasteiger partial charge is 0.243 e. The van der Waals surface area contributed by atoms with E-state index in [1.165, 1.54) is 4.90 Å². The predicted molar refractivity (Wildman–Crippen MR) is 141 cm³/mol. The Hall–Kier alpha value is -3.88. The van der Waals surface area contributed by atoms with Crippen molar-refractivity contribution in [2.24, 2.45) is 0 Å². The molecule has 1 saturated carbocycles. The van der Waals surface area contributed by atoms with Gasteiger partial charge in [-0.1, -0.05) is 36.4 Å². The molecule has 0 bridgehead atoms. The van der Waals surface area contributed by atoms with Crippen LogP contribution in [0.3, 0.4) is 0 Å². The first-order valence-electron chi connectivity index (χ1n) is 13.4. The lowest BCUT2D eigenvalue weighted by atomic mass is 10.0. The van der Waals surface area contributed by atoms with Crippen LogP contribution in [-0.2, 0) is 16.0 Å². The van der Waals surface area contributed by atoms with E-state index in [2.05, 4.69) is 15.3 Å². The fourth-order valence-corrected chi connectivity index (χ4v) is 5.12. The van der Waals surface area contributed by atoms with Crippen molar-refractivity contribution in [1.82, 2.24) is 20.2 Å². The number of carbonyl (C=O) groups excluding carboxylic acids is 2. The molecule has 0 radical (unpaired) electrons. The Morgan fingerprint density at radius 2 is 1.95 bits per heavy atom. The van der Waals surface area contributed by atoms with Gasteiger partial charge >= 0.3 is 0 Å². The summed E-state index contributed by atoms with van der Waals surface area (Å²) < 4.78 is 34.9. The van der Waals surface area contributed by atoms with Gasteiger partial charge < -0.3 is 15.0 Å². The van der Waals surface area contributed by atoms with Crippen molar-refractivity contribution in [3.05, 3.63) is 88.6 Å². The fourth-order valence-electron chi connectivity index (χ4n) is 5.12. The monoisotopic (exact) mass is 534 g/mol. The standard InChI is InChI=1S/C30H32F2N4O3/c1-3-39-30-18(2)13-19(16-33-30)14-26(37)36-17-22(31)15-25(36)29(38)35-27(21-7-5-4-6-8-21)24-12-11-23(20-9-10-20)28(32)34-24/h4-8,11-13,16,20,22,25,27H,3,9-10,14-15,17H2,1-2H3,(H,35,38)/t22-,25+,27+/m1/s1. The largest absolute Gasteiger partial charge is 0.478 e. The molecule has 0 unspecified atom stereocenters. The first-order valence-corrected chi connectivity index (χ1v) is 13.4. The fraction of sp³-hybridized carbons (Fsp3) is 0.400. The van der Waals surface area contributed by atoms with Gasteiger partial charge in [0, 0.05) is 23.7 Å². The number of amides is 2. The lowest BCUT2D eigenvalue weighted by molar-refractivity contribution is -0.138. The number of pyridine rings is 2. The third kappa shape index (κ3) is 6.08. The SMILES string of the molecule is CCOc1ncc(CC(=O)N2C[C@H](F)C[C@H]2C(=O)N[C@@H](c2ccccc2)c2ccc(C3CC3)c(F)n2)cc1C. The van der Waals surface area contributed by atoms with Gasteiger partial charge in [0.15, 0.2) is 0 Å². The third-order valence-corrected chi connectivity index (χ3v) is 7.23. The summed E-state index contributed by atoms with van der Waals surface area (Å²) in [6.07, 6.45) is 1.99. The minimum Gasteiger partial charge on any atom is -0.478 e. The van der Waals surface area contributed by atoms with Crippen molar-refractivity contribution in [2.45, 2.75) is 63.7 Å². The molecule has 39 heavy (non-hydrogen) atoms. The predicted octanol–water partition coefficient (Wildman–Crippen LogP) is 4.59. The summed E-state index contributed by atoms with van der Waals surface area (Å²) in [6, 6.07) is 12.6. The number of aromatic nitrogens is 2. The second-order valence-electron chi connectivity index (χ2n) is 10.2. The molecule has 1 saturated heterocycles. The van der Waals surface area contributed by atoms with Gasteiger partial charge in [-0.25, -0.2) is 14.4 Å². The number of ether oxygens (including phenoxy) is 1. The molecule has 2 aromatic heterocycles. The zero-order valence-corrected chi connectivity index (χ0v) is 22.1. The lowest BCUT2D eigenvalue weighted by Gasteiger charge is -2.27. The second-order valence-corrected chi connectivity index (χ2v) is 10.2. The van der Waals surface area contributed by atoms with Crippen LogP contribution in [0, 0.1) is 12.9 Å². The molecule has 1 N–H and O–H groups in total. The number of benzene rings is 1. The van der Waals surface area contributed by atoms with Crippen molar-refractivity contribution in [3.8, 4) is 5.88 Å². The maximum atomic E-state index is 14.8. The van der Waals surface area contributed by atoms with Gasteiger partial charge in [0.1, 0.15) is 12.2 Å². The summed E-state index contributed by atoms with van der Waals surface area (Å²) in [5.41, 5.74) is 3.09. The van der Waals surface area contributed by atoms with Crippen molar-refractivity contribution in [2.75, 3.05) is 13.2 Å². The zero-order valence-electron chi connectivity index (χ0n) is 22.1. The third-order valence-electron chi connectivity index (χ3n) is 7.23. The van der Waals surface area contributed by atoms with E-state index in [9.17, 15) is 18.4 Å². The highest BCUT2D eigenvalue weighted by atomic mass is 19.1. The van der Waals surface area contributed by atoms with E-state index < -0.39 is 30.1 Å². The average molecular weight is 535 g/mol. The maximum Gasteiger partial charge on any atom is 0.243 e. The molecule has 204 valence electrons. The highest BCUT2D eigenvalue weighted by Gasteiger charge is 2.40. The van der Waals surface area contributed by atoms with Crippen molar-refractivity contribution in [1.29, 1.82) is 0 Å². The van der Waals surface area contributed by atoms with E-state index in [0.717, 1.165) is 18.4 Å². The molecule has 3 atom stereocenters. The van der Waals surface area contributed by atoms with Gasteiger partial charge in [0.05, 0.1) is 31.3 Å². The Kier molecular flexibility index (Phi) is 7.86. The Bertz CT molecular complexity index is 1350. The molecule has 2 amide bonds. The van der Waals surface area contributed by atoms with Crippen LogP contribution < -0.4 is 10.1 Å². The van der Waals surface area contributed by atoms with Crippen LogP contribution in [0.15, 0.2) is 54.7 Å². The molecule has 7 nitrogen and oxygen atoms in total. The number of rotatable bonds is 9. The van der Waals surface area contributed by atoms with E-state index >= 15 is 0 Å². The van der Waals surface area contributed by atoms with Crippen LogP contribution in [-0.4, -0.2) is 52.0 Å². The molecule has 1 aromatic carbocycles. The number of hydrogen-bond donors (Lipinski definition) is 1. The summed E-state index contributed by atoms with van der Waals surface area (Å²) in [7, 11) is 0. The van der Waals surface area contributed by atoms with Gasteiger partial charge in [0.2, 0.25) is 23.6 Å². The molecule has 3 aromatic rings. The minimum absolute atomic E-state index is 0.0196. The number of likely N-dealkylation sites (tertiary alicyclic amines) is 1. The van der Waals surface area contributed by atoms with E-state index in [0.29, 0.717) is 34.9 Å². The number of nitrogens with one attached hydrogen (secondary N) is 1. The molecule has 5 rings (SSSR count). The Balaban J connectivity index is 1.35. The molecular weight excluding hydrogens is 502 g/mol. The van der Waals surface area contributed by atoms with E-state index in [-0.39, 0.29) is 31.2 Å². The quantitative estimate of drug-likeness (QED) is 0.406. The minimum atomic E-state index is -1.33. The molecule has 2 fully saturated rings. The van der Waals surface area contributed by atoms with E-state index in [4.69, 9.17) is 4.74 Å². The number of nitrogens with zero attached hydrogens (tertiary/aromatic N) is 3. The van der Waals surface area contributed by atoms with Gasteiger partial charge in [-0.15, -0.1) is 0 Å². The number of halogens is 2. The maximum absolute atomic E-state index is 14.8. The Morgan fingerprint density at radius 1 is 1.18 bits per heavy atom. The second kappa shape index (κ2) is 11.5. The number of hydrogen-bond acceptors (Lipinski definition) is 5. The number of alkyl halides is 1. The Labute approximate surface area is 226 Å². The van der Waals surface area contributed by atoms with Crippen molar-refractivity contribution < 1.29 is 23.1 Å². The van der Waals surface area contributed by atoms with Crippen LogP contribution >= 0.6 is 0 Å². The van der Waals surface area contributed by atoms with E-state index in [1.54, 1.807) is 18.3 Å². The first-order chi connectivity index (χ1) is 18.8. The van der Waals surface area contributed by atoms with Crippen LogP contribution in [0.5, 0.6) is 5.88 Å². The van der Waals surface area contributed by atoms with Crippen LogP contribution in [0.25, 0.3) is 0 Å². The Morgan fingerprint density at radius 3 is 2.62 bits per heavy atom. The molecular formula is C30H32F2N4O3. The highest BCUT2D eigenvalue weighted by Crippen LogP contribution is 2.41. The average Bonchev–Trinajstić information content (AvgIpc) is 3.69. The van der Waals surface area contributed by atoms with Crippen LogP contribution in [0.1, 0.15) is 66.1 Å². The summed E-state index contributed by atoms with van der Waals surface area (Å²) in [4.78, 5) is 36.5. The molecule has 2 aliphatic rings. The summed E-state index contributed by atoms with van der Waals surface area (Å²) in [6.45, 7) is 4.01. The molecule has 9 heteroatoms. The van der Waals surface area contributed by atoms with Crippen molar-refractivity contribution >= 4 is 11.8 Å². The molecule has 3 heterocycles. The molecule has 0 spiro atoms. The number of aryl methyl sites for hydroxylation is 1. The van der Waals surface area contributed by atoms with Gasteiger partial charge in [-0.3, -0.25) is 9.59 Å². The topological polar surface area (TPSA) is 84.4 Å². The first kappa shape index (κ1) is 26.7. The lowest BCUT2D eigenvalue weighted by Crippen LogP contribution is -2.47.